The lowest BCUT2D eigenvalue weighted by Crippen LogP contribution is -2.44. The van der Waals surface area contributed by atoms with E-state index in [0.717, 1.165) is 23.9 Å². The molecule has 1 fully saturated rings. The number of imidazole rings is 1. The largest absolute Gasteiger partial charge is 0.395 e. The van der Waals surface area contributed by atoms with E-state index in [4.69, 9.17) is 0 Å². The van der Waals surface area contributed by atoms with Crippen LogP contribution in [-0.2, 0) is 11.2 Å². The minimum absolute atomic E-state index is 0.0162. The molecule has 0 radical (unpaired) electrons. The predicted molar refractivity (Wildman–Crippen MR) is 85.5 cm³/mol. The fourth-order valence-corrected chi connectivity index (χ4v) is 3.35. The van der Waals surface area contributed by atoms with Crippen molar-refractivity contribution in [3.63, 3.8) is 0 Å². The van der Waals surface area contributed by atoms with Crippen LogP contribution in [0.2, 0.25) is 0 Å². The number of nitrogens with zero attached hydrogens (tertiary/aromatic N) is 2. The first-order chi connectivity index (χ1) is 10.8. The lowest BCUT2D eigenvalue weighted by Gasteiger charge is -2.34. The molecule has 1 aromatic carbocycles. The van der Waals surface area contributed by atoms with E-state index in [1.54, 1.807) is 0 Å². The highest BCUT2D eigenvalue weighted by atomic mass is 16.3. The van der Waals surface area contributed by atoms with Crippen molar-refractivity contribution in [3.8, 4) is 0 Å². The molecule has 0 saturated heterocycles. The van der Waals surface area contributed by atoms with Gasteiger partial charge in [-0.15, -0.1) is 0 Å². The van der Waals surface area contributed by atoms with Crippen LogP contribution in [0, 0.1) is 0 Å². The van der Waals surface area contributed by atoms with Gasteiger partial charge in [-0.05, 0) is 25.0 Å². The number of aromatic nitrogens is 2. The maximum absolute atomic E-state index is 12.6. The molecule has 0 aliphatic heterocycles. The molecule has 1 aromatic heterocycles. The van der Waals surface area contributed by atoms with E-state index >= 15 is 0 Å². The maximum Gasteiger partial charge on any atom is 0.230 e. The highest BCUT2D eigenvalue weighted by Gasteiger charge is 2.25. The Labute approximate surface area is 130 Å². The van der Waals surface area contributed by atoms with Gasteiger partial charge in [0.1, 0.15) is 5.82 Å². The van der Waals surface area contributed by atoms with Crippen LogP contribution in [0.3, 0.4) is 0 Å². The van der Waals surface area contributed by atoms with Crippen molar-refractivity contribution < 1.29 is 9.90 Å². The van der Waals surface area contributed by atoms with Gasteiger partial charge < -0.3 is 15.0 Å². The first kappa shape index (κ1) is 15.0. The normalized spacial score (nSPS) is 16.0. The second-order valence-corrected chi connectivity index (χ2v) is 5.98. The van der Waals surface area contributed by atoms with E-state index in [9.17, 15) is 9.90 Å². The minimum atomic E-state index is 0.0162. The highest BCUT2D eigenvalue weighted by Crippen LogP contribution is 2.23. The van der Waals surface area contributed by atoms with E-state index in [1.165, 1.54) is 19.3 Å². The van der Waals surface area contributed by atoms with Crippen molar-refractivity contribution in [3.05, 3.63) is 30.1 Å². The molecule has 0 spiro atoms. The number of carbonyl (C=O) groups excluding carboxylic acids is 1. The number of nitrogens with one attached hydrogen (secondary N) is 1. The first-order valence-corrected chi connectivity index (χ1v) is 8.12. The molecule has 0 atom stereocenters. The molecule has 1 aliphatic rings. The molecule has 2 aromatic rings. The van der Waals surface area contributed by atoms with Gasteiger partial charge in [-0.1, -0.05) is 31.4 Å². The summed E-state index contributed by atoms with van der Waals surface area (Å²) < 4.78 is 0. The number of para-hydroxylation sites is 2. The molecular weight excluding hydrogens is 278 g/mol. The van der Waals surface area contributed by atoms with E-state index in [1.807, 2.05) is 29.2 Å². The molecule has 0 unspecified atom stereocenters. The van der Waals surface area contributed by atoms with Gasteiger partial charge in [-0.3, -0.25) is 4.79 Å². The van der Waals surface area contributed by atoms with E-state index in [-0.39, 0.29) is 25.0 Å². The lowest BCUT2D eigenvalue weighted by atomic mass is 9.94. The third-order valence-corrected chi connectivity index (χ3v) is 4.43. The molecule has 1 aliphatic carbocycles. The van der Waals surface area contributed by atoms with Crippen molar-refractivity contribution in [1.82, 2.24) is 14.9 Å². The van der Waals surface area contributed by atoms with Crippen LogP contribution in [-0.4, -0.2) is 45.1 Å². The van der Waals surface area contributed by atoms with Gasteiger partial charge in [-0.25, -0.2) is 4.98 Å². The molecule has 118 valence electrons. The van der Waals surface area contributed by atoms with Gasteiger partial charge in [0.2, 0.25) is 5.91 Å². The summed E-state index contributed by atoms with van der Waals surface area (Å²) in [6.07, 6.45) is 5.96. The fraction of sp³-hybridized carbons (Fsp3) is 0.529. The average molecular weight is 301 g/mol. The number of benzene rings is 1. The van der Waals surface area contributed by atoms with Crippen LogP contribution in [0.4, 0.5) is 0 Å². The number of hydrogen-bond acceptors (Lipinski definition) is 3. The van der Waals surface area contributed by atoms with Gasteiger partial charge in [0.05, 0.1) is 24.1 Å². The Balaban J connectivity index is 1.72. The van der Waals surface area contributed by atoms with Crippen LogP contribution < -0.4 is 0 Å². The number of amides is 1. The van der Waals surface area contributed by atoms with Gasteiger partial charge in [0.15, 0.2) is 0 Å². The van der Waals surface area contributed by atoms with Gasteiger partial charge >= 0.3 is 0 Å². The summed E-state index contributed by atoms with van der Waals surface area (Å²) in [6, 6.07) is 8.06. The van der Waals surface area contributed by atoms with E-state index in [0.29, 0.717) is 12.4 Å². The third-order valence-electron chi connectivity index (χ3n) is 4.43. The predicted octanol–water partition coefficient (Wildman–Crippen LogP) is 2.26. The Morgan fingerprint density at radius 1 is 1.27 bits per heavy atom. The lowest BCUT2D eigenvalue weighted by molar-refractivity contribution is -0.134. The van der Waals surface area contributed by atoms with E-state index < -0.39 is 0 Å². The Bertz CT molecular complexity index is 599. The molecule has 0 bridgehead atoms. The van der Waals surface area contributed by atoms with Gasteiger partial charge in [-0.2, -0.15) is 0 Å². The van der Waals surface area contributed by atoms with Crippen LogP contribution >= 0.6 is 0 Å². The number of aliphatic hydroxyl groups is 1. The molecule has 1 amide bonds. The summed E-state index contributed by atoms with van der Waals surface area (Å²) in [5.74, 6) is 0.755. The number of carbonyl (C=O) groups is 1. The molecule has 2 N–H and O–H groups in total. The Morgan fingerprint density at radius 2 is 2.05 bits per heavy atom. The Kier molecular flexibility index (Phi) is 4.73. The van der Waals surface area contributed by atoms with Gasteiger partial charge in [0, 0.05) is 12.6 Å². The zero-order valence-electron chi connectivity index (χ0n) is 12.8. The number of fused-ring (bicyclic) bond motifs is 1. The summed E-state index contributed by atoms with van der Waals surface area (Å²) in [5.41, 5.74) is 1.84. The summed E-state index contributed by atoms with van der Waals surface area (Å²) in [4.78, 5) is 22.2. The summed E-state index contributed by atoms with van der Waals surface area (Å²) in [7, 11) is 0. The van der Waals surface area contributed by atoms with Crippen LogP contribution in [0.1, 0.15) is 37.9 Å². The zero-order valence-corrected chi connectivity index (χ0v) is 12.8. The number of hydrogen-bond donors (Lipinski definition) is 2. The van der Waals surface area contributed by atoms with Crippen LogP contribution in [0.5, 0.6) is 0 Å². The fourth-order valence-electron chi connectivity index (χ4n) is 3.35. The monoisotopic (exact) mass is 301 g/mol. The Hall–Kier alpha value is -1.88. The third kappa shape index (κ3) is 3.30. The quantitative estimate of drug-likeness (QED) is 0.890. The number of rotatable bonds is 5. The number of H-pyrrole nitrogens is 1. The highest BCUT2D eigenvalue weighted by molar-refractivity contribution is 5.80. The SMILES string of the molecule is O=C(Cc1nc2ccccc2[nH]1)N(CCO)C1CCCCC1. The smallest absolute Gasteiger partial charge is 0.230 e. The molecule has 3 rings (SSSR count). The van der Waals surface area contributed by atoms with Crippen molar-refractivity contribution in [1.29, 1.82) is 0 Å². The number of aliphatic hydroxyl groups excluding tert-OH is 1. The second-order valence-electron chi connectivity index (χ2n) is 5.98. The van der Waals surface area contributed by atoms with Crippen molar-refractivity contribution in [2.75, 3.05) is 13.2 Å². The maximum atomic E-state index is 12.6. The van der Waals surface area contributed by atoms with Crippen molar-refractivity contribution >= 4 is 16.9 Å². The zero-order chi connectivity index (χ0) is 15.4. The van der Waals surface area contributed by atoms with Crippen LogP contribution in [0.15, 0.2) is 24.3 Å². The minimum Gasteiger partial charge on any atom is -0.395 e. The molecule has 1 saturated carbocycles. The molecule has 22 heavy (non-hydrogen) atoms. The van der Waals surface area contributed by atoms with Crippen molar-refractivity contribution in [2.45, 2.75) is 44.6 Å². The molecule has 5 nitrogen and oxygen atoms in total. The van der Waals surface area contributed by atoms with Crippen molar-refractivity contribution in [2.24, 2.45) is 0 Å². The molecular formula is C17H23N3O2. The molecule has 1 heterocycles. The summed E-state index contributed by atoms with van der Waals surface area (Å²) in [5, 5.41) is 9.28. The standard InChI is InChI=1S/C17H23N3O2/c21-11-10-20(13-6-2-1-3-7-13)17(22)12-16-18-14-8-4-5-9-15(14)19-16/h4-5,8-9,13,21H,1-3,6-7,10-12H2,(H,18,19). The average Bonchev–Trinajstić information content (AvgIpc) is 2.95. The topological polar surface area (TPSA) is 69.2 Å². The van der Waals surface area contributed by atoms with Crippen LogP contribution in [0.25, 0.3) is 11.0 Å². The number of aromatic amines is 1. The van der Waals surface area contributed by atoms with E-state index in [2.05, 4.69) is 9.97 Å². The summed E-state index contributed by atoms with van der Waals surface area (Å²) in [6.45, 7) is 0.437. The second kappa shape index (κ2) is 6.92. The first-order valence-electron chi connectivity index (χ1n) is 8.12. The van der Waals surface area contributed by atoms with Gasteiger partial charge in [0.25, 0.3) is 0 Å². The summed E-state index contributed by atoms with van der Waals surface area (Å²) >= 11 is 0. The molecule has 5 heteroatoms. The Morgan fingerprint density at radius 3 is 2.77 bits per heavy atom.